The van der Waals surface area contributed by atoms with Gasteiger partial charge >= 0.3 is 5.97 Å². The summed E-state index contributed by atoms with van der Waals surface area (Å²) < 4.78 is 5.49. The summed E-state index contributed by atoms with van der Waals surface area (Å²) in [5, 5.41) is 10.3. The number of esters is 1. The van der Waals surface area contributed by atoms with Crippen molar-refractivity contribution in [1.82, 2.24) is 9.88 Å². The smallest absolute Gasteiger partial charge is 0.346 e. The van der Waals surface area contributed by atoms with Crippen LogP contribution in [0.2, 0.25) is 0 Å². The van der Waals surface area contributed by atoms with Crippen LogP contribution >= 0.6 is 0 Å². The van der Waals surface area contributed by atoms with E-state index in [0.717, 1.165) is 29.4 Å². The number of aromatic nitrogens is 1. The third kappa shape index (κ3) is 3.81. The molecular weight excluding hydrogens is 292 g/mol. The van der Waals surface area contributed by atoms with E-state index < -0.39 is 5.97 Å². The minimum atomic E-state index is -0.618. The number of nitrogens with zero attached hydrogens (tertiary/aromatic N) is 1. The lowest BCUT2D eigenvalue weighted by molar-refractivity contribution is -0.130. The van der Waals surface area contributed by atoms with Crippen LogP contribution in [0.5, 0.6) is 5.75 Å². The van der Waals surface area contributed by atoms with Crippen LogP contribution in [0.4, 0.5) is 0 Å². The molecule has 23 heavy (non-hydrogen) atoms. The van der Waals surface area contributed by atoms with Crippen LogP contribution in [0.1, 0.15) is 12.5 Å². The third-order valence-corrected chi connectivity index (χ3v) is 3.60. The second-order valence-electron chi connectivity index (χ2n) is 5.58. The molecule has 0 amide bonds. The Balaban J connectivity index is 2.35. The zero-order valence-corrected chi connectivity index (χ0v) is 13.7. The second-order valence-corrected chi connectivity index (χ2v) is 5.58. The van der Waals surface area contributed by atoms with Gasteiger partial charge in [-0.3, -0.25) is 0 Å². The summed E-state index contributed by atoms with van der Waals surface area (Å²) >= 11 is 0. The molecule has 0 unspecified atom stereocenters. The largest absolute Gasteiger partial charge is 0.508 e. The van der Waals surface area contributed by atoms with Gasteiger partial charge in [-0.15, -0.1) is 0 Å². The predicted octanol–water partition coefficient (Wildman–Crippen LogP) is 3.20. The lowest BCUT2D eigenvalue weighted by atomic mass is 10.1. The number of allylic oxidation sites excluding steroid dienone is 1. The molecule has 2 aromatic rings. The molecule has 0 saturated carbocycles. The minimum absolute atomic E-state index is 0.0624. The average molecular weight is 314 g/mol. The number of carbonyl (C=O) groups is 1. The first kappa shape index (κ1) is 16.8. The fraction of sp³-hybridized carbons (Fsp3) is 0.278. The highest BCUT2D eigenvalue weighted by atomic mass is 16.5. The molecule has 2 rings (SSSR count). The Morgan fingerprint density at radius 1 is 1.43 bits per heavy atom. The predicted molar refractivity (Wildman–Crippen MR) is 91.7 cm³/mol. The van der Waals surface area contributed by atoms with Gasteiger partial charge in [-0.25, -0.2) is 4.79 Å². The number of H-pyrrole nitrogens is 1. The Bertz CT molecular complexity index is 757. The second kappa shape index (κ2) is 7.15. The molecule has 0 fully saturated rings. The molecule has 0 spiro atoms. The lowest BCUT2D eigenvalue weighted by Crippen LogP contribution is -2.15. The van der Waals surface area contributed by atoms with Gasteiger partial charge in [-0.05, 0) is 45.1 Å². The van der Waals surface area contributed by atoms with Gasteiger partial charge in [0.15, 0.2) is 0 Å². The summed E-state index contributed by atoms with van der Waals surface area (Å²) in [5.74, 6) is -0.443. The quantitative estimate of drug-likeness (QED) is 0.282. The third-order valence-electron chi connectivity index (χ3n) is 3.60. The molecular formula is C18H22N2O3. The van der Waals surface area contributed by atoms with Crippen molar-refractivity contribution < 1.29 is 14.6 Å². The molecule has 0 aliphatic rings. The molecule has 5 nitrogen and oxygen atoms in total. The number of hydrogen-bond donors (Lipinski definition) is 2. The summed E-state index contributed by atoms with van der Waals surface area (Å²) in [6.45, 7) is 5.92. The van der Waals surface area contributed by atoms with E-state index in [4.69, 9.17) is 4.74 Å². The topological polar surface area (TPSA) is 65.6 Å². The number of nitrogens with one attached hydrogen (secondary N) is 1. The van der Waals surface area contributed by atoms with E-state index in [1.165, 1.54) is 6.08 Å². The number of benzene rings is 1. The Kier molecular flexibility index (Phi) is 5.24. The number of aliphatic hydroxyl groups is 1. The van der Waals surface area contributed by atoms with E-state index in [1.807, 2.05) is 32.4 Å². The van der Waals surface area contributed by atoms with Gasteiger partial charge in [-0.1, -0.05) is 18.7 Å². The van der Waals surface area contributed by atoms with Crippen LogP contribution in [0, 0.1) is 0 Å². The Hall–Kier alpha value is -2.53. The molecule has 1 aromatic heterocycles. The van der Waals surface area contributed by atoms with E-state index in [2.05, 4.69) is 16.5 Å². The van der Waals surface area contributed by atoms with Crippen molar-refractivity contribution in [3.05, 3.63) is 53.9 Å². The van der Waals surface area contributed by atoms with Crippen LogP contribution in [0.25, 0.3) is 10.9 Å². The first-order valence-corrected chi connectivity index (χ1v) is 7.44. The van der Waals surface area contributed by atoms with Crippen LogP contribution in [0.3, 0.4) is 0 Å². The molecule has 1 heterocycles. The average Bonchev–Trinajstić information content (AvgIpc) is 2.89. The van der Waals surface area contributed by atoms with Gasteiger partial charge < -0.3 is 19.7 Å². The number of fused-ring (bicyclic) bond motifs is 1. The maximum absolute atomic E-state index is 12.2. The van der Waals surface area contributed by atoms with Crippen LogP contribution in [-0.2, 0) is 11.2 Å². The molecule has 0 radical (unpaired) electrons. The summed E-state index contributed by atoms with van der Waals surface area (Å²) in [4.78, 5) is 17.5. The lowest BCUT2D eigenvalue weighted by Gasteiger charge is -2.11. The van der Waals surface area contributed by atoms with Gasteiger partial charge in [0.2, 0.25) is 0 Å². The fourth-order valence-electron chi connectivity index (χ4n) is 2.40. The monoisotopic (exact) mass is 314 g/mol. The number of rotatable bonds is 6. The van der Waals surface area contributed by atoms with E-state index in [1.54, 1.807) is 13.0 Å². The van der Waals surface area contributed by atoms with Gasteiger partial charge in [0.25, 0.3) is 0 Å². The fourth-order valence-corrected chi connectivity index (χ4v) is 2.40. The van der Waals surface area contributed by atoms with E-state index in [0.29, 0.717) is 5.75 Å². The van der Waals surface area contributed by atoms with Gasteiger partial charge in [0.1, 0.15) is 11.5 Å². The van der Waals surface area contributed by atoms with Crippen LogP contribution in [0.15, 0.2) is 48.4 Å². The number of ether oxygens (including phenoxy) is 1. The Morgan fingerprint density at radius 2 is 2.17 bits per heavy atom. The number of aromatic amines is 1. The van der Waals surface area contributed by atoms with Crippen molar-refractivity contribution in [2.75, 3.05) is 20.6 Å². The van der Waals surface area contributed by atoms with Crippen molar-refractivity contribution in [1.29, 1.82) is 0 Å². The molecule has 0 atom stereocenters. The normalized spacial score (nSPS) is 11.9. The van der Waals surface area contributed by atoms with E-state index >= 15 is 0 Å². The van der Waals surface area contributed by atoms with Crippen molar-refractivity contribution in [2.24, 2.45) is 0 Å². The highest BCUT2D eigenvalue weighted by Crippen LogP contribution is 2.30. The number of aliphatic hydroxyl groups excluding tert-OH is 1. The molecule has 1 aromatic carbocycles. The number of carbonyl (C=O) groups excluding carboxylic acids is 1. The zero-order valence-electron chi connectivity index (χ0n) is 13.7. The van der Waals surface area contributed by atoms with Gasteiger partial charge in [0.05, 0.1) is 5.57 Å². The zero-order chi connectivity index (χ0) is 17.0. The first-order chi connectivity index (χ1) is 10.9. The van der Waals surface area contributed by atoms with Crippen LogP contribution in [-0.4, -0.2) is 41.6 Å². The summed E-state index contributed by atoms with van der Waals surface area (Å²) in [7, 11) is 4.03. The van der Waals surface area contributed by atoms with Crippen molar-refractivity contribution in [2.45, 2.75) is 13.3 Å². The summed E-state index contributed by atoms with van der Waals surface area (Å²) in [6.07, 6.45) is 4.26. The first-order valence-electron chi connectivity index (χ1n) is 7.44. The minimum Gasteiger partial charge on any atom is -0.508 e. The summed E-state index contributed by atoms with van der Waals surface area (Å²) in [5.41, 5.74) is 2.06. The maximum Gasteiger partial charge on any atom is 0.346 e. The van der Waals surface area contributed by atoms with Crippen molar-refractivity contribution in [3.8, 4) is 5.75 Å². The molecule has 0 saturated heterocycles. The number of likely N-dealkylation sites (N-methyl/N-ethyl adjacent to an activating group) is 1. The molecule has 122 valence electrons. The number of hydrogen-bond acceptors (Lipinski definition) is 4. The van der Waals surface area contributed by atoms with E-state index in [-0.39, 0.29) is 11.3 Å². The van der Waals surface area contributed by atoms with Crippen molar-refractivity contribution >= 4 is 16.9 Å². The molecule has 0 bridgehead atoms. The SMILES string of the molecule is C=C(O)/C(=C\C)C(=O)Oc1cccc2[nH]cc(CCN(C)C)c12. The molecule has 2 N–H and O–H groups in total. The Morgan fingerprint density at radius 3 is 2.78 bits per heavy atom. The van der Waals surface area contributed by atoms with Crippen molar-refractivity contribution in [3.63, 3.8) is 0 Å². The highest BCUT2D eigenvalue weighted by Gasteiger charge is 2.17. The highest BCUT2D eigenvalue weighted by molar-refractivity contribution is 5.97. The molecule has 0 aliphatic carbocycles. The van der Waals surface area contributed by atoms with Gasteiger partial charge in [0, 0.05) is 23.6 Å². The summed E-state index contributed by atoms with van der Waals surface area (Å²) in [6, 6.07) is 5.51. The molecule has 0 aliphatic heterocycles. The van der Waals surface area contributed by atoms with Gasteiger partial charge in [-0.2, -0.15) is 0 Å². The van der Waals surface area contributed by atoms with E-state index in [9.17, 15) is 9.90 Å². The molecule has 5 heteroatoms. The standard InChI is InChI=1S/C18H22N2O3/c1-5-14(12(2)21)18(22)23-16-8-6-7-15-17(16)13(11-19-15)9-10-20(3)4/h5-8,11,19,21H,2,9-10H2,1,3-4H3/b14-5+. The van der Waals surface area contributed by atoms with Crippen LogP contribution < -0.4 is 4.74 Å². The maximum atomic E-state index is 12.2. The Labute approximate surface area is 135 Å².